The topological polar surface area (TPSA) is 67.9 Å². The summed E-state index contributed by atoms with van der Waals surface area (Å²) < 4.78 is 10.7. The number of hydrogen-bond acceptors (Lipinski definition) is 4. The van der Waals surface area contributed by atoms with E-state index in [1.807, 2.05) is 51.1 Å². The van der Waals surface area contributed by atoms with Crippen molar-refractivity contribution in [3.05, 3.63) is 35.9 Å². The quantitative estimate of drug-likeness (QED) is 0.913. The molecule has 2 amide bonds. The monoisotopic (exact) mass is 346 g/mol. The normalized spacial score (nSPS) is 24.9. The van der Waals surface area contributed by atoms with Gasteiger partial charge in [-0.3, -0.25) is 0 Å². The molecule has 0 radical (unpaired) electrons. The van der Waals surface area contributed by atoms with Crippen LogP contribution in [0, 0.1) is 11.8 Å². The number of carbonyl (C=O) groups excluding carboxylic acids is 2. The molecule has 2 aliphatic rings. The van der Waals surface area contributed by atoms with E-state index >= 15 is 0 Å². The van der Waals surface area contributed by atoms with Crippen LogP contribution in [0.5, 0.6) is 0 Å². The average Bonchev–Trinajstić information content (AvgIpc) is 3.32. The van der Waals surface area contributed by atoms with E-state index in [1.54, 1.807) is 4.90 Å². The molecule has 1 aromatic carbocycles. The van der Waals surface area contributed by atoms with Crippen molar-refractivity contribution in [2.45, 2.75) is 45.4 Å². The highest BCUT2D eigenvalue weighted by Gasteiger charge is 2.50. The first-order valence-corrected chi connectivity index (χ1v) is 8.77. The van der Waals surface area contributed by atoms with Gasteiger partial charge in [0.15, 0.2) is 0 Å². The molecule has 6 heteroatoms. The zero-order valence-electron chi connectivity index (χ0n) is 15.0. The van der Waals surface area contributed by atoms with E-state index in [9.17, 15) is 9.59 Å². The molecule has 136 valence electrons. The number of nitrogens with zero attached hydrogens (tertiary/aromatic N) is 1. The van der Waals surface area contributed by atoms with Gasteiger partial charge in [0.25, 0.3) is 0 Å². The molecule has 1 aromatic rings. The van der Waals surface area contributed by atoms with Gasteiger partial charge in [-0.1, -0.05) is 30.3 Å². The summed E-state index contributed by atoms with van der Waals surface area (Å²) in [6.45, 7) is 6.97. The van der Waals surface area contributed by atoms with Gasteiger partial charge in [-0.2, -0.15) is 0 Å². The number of piperidine rings is 1. The van der Waals surface area contributed by atoms with E-state index in [2.05, 4.69) is 5.32 Å². The number of fused-ring (bicyclic) bond motifs is 1. The van der Waals surface area contributed by atoms with E-state index in [0.29, 0.717) is 24.9 Å². The number of alkyl carbamates (subject to hydrolysis) is 1. The lowest BCUT2D eigenvalue weighted by molar-refractivity contribution is 0.0174. The molecular formula is C19H26N2O4. The zero-order chi connectivity index (χ0) is 18.0. The maximum atomic E-state index is 12.3. The smallest absolute Gasteiger partial charge is 0.410 e. The fourth-order valence-corrected chi connectivity index (χ4v) is 3.25. The predicted octanol–water partition coefficient (Wildman–Crippen LogP) is 3.17. The molecule has 1 aliphatic heterocycles. The number of hydrogen-bond donors (Lipinski definition) is 1. The minimum absolute atomic E-state index is 0.0745. The zero-order valence-corrected chi connectivity index (χ0v) is 15.0. The minimum atomic E-state index is -0.519. The fourth-order valence-electron chi connectivity index (χ4n) is 3.25. The molecule has 0 aromatic heterocycles. The third-order valence-electron chi connectivity index (χ3n) is 4.53. The van der Waals surface area contributed by atoms with Crippen LogP contribution in [0.25, 0.3) is 0 Å². The maximum Gasteiger partial charge on any atom is 0.410 e. The second-order valence-electron chi connectivity index (χ2n) is 7.86. The molecule has 0 bridgehead atoms. The molecule has 1 aliphatic carbocycles. The summed E-state index contributed by atoms with van der Waals surface area (Å²) in [5.74, 6) is 0.878. The number of nitrogens with one attached hydrogen (secondary N) is 1. The maximum absolute atomic E-state index is 12.3. The van der Waals surface area contributed by atoms with Gasteiger partial charge < -0.3 is 19.7 Å². The molecule has 0 unspecified atom stereocenters. The van der Waals surface area contributed by atoms with Crippen molar-refractivity contribution in [3.8, 4) is 0 Å². The van der Waals surface area contributed by atoms with Crippen LogP contribution < -0.4 is 5.32 Å². The highest BCUT2D eigenvalue weighted by Crippen LogP contribution is 2.45. The van der Waals surface area contributed by atoms with Crippen molar-refractivity contribution in [2.24, 2.45) is 11.8 Å². The van der Waals surface area contributed by atoms with Crippen LogP contribution in [-0.4, -0.2) is 41.8 Å². The van der Waals surface area contributed by atoms with Gasteiger partial charge in [-0.05, 0) is 44.6 Å². The first kappa shape index (κ1) is 17.6. The van der Waals surface area contributed by atoms with Crippen molar-refractivity contribution >= 4 is 12.2 Å². The minimum Gasteiger partial charge on any atom is -0.445 e. The van der Waals surface area contributed by atoms with Crippen LogP contribution >= 0.6 is 0 Å². The molecule has 2 fully saturated rings. The highest BCUT2D eigenvalue weighted by molar-refractivity contribution is 5.70. The van der Waals surface area contributed by atoms with Crippen LogP contribution in [-0.2, 0) is 16.1 Å². The molecule has 3 rings (SSSR count). The number of likely N-dealkylation sites (tertiary alicyclic amines) is 1. The first-order valence-electron chi connectivity index (χ1n) is 8.77. The van der Waals surface area contributed by atoms with Crippen LogP contribution in [0.2, 0.25) is 0 Å². The van der Waals surface area contributed by atoms with E-state index < -0.39 is 11.7 Å². The van der Waals surface area contributed by atoms with Gasteiger partial charge in [-0.15, -0.1) is 0 Å². The van der Waals surface area contributed by atoms with Gasteiger partial charge in [0, 0.05) is 13.1 Å². The summed E-state index contributed by atoms with van der Waals surface area (Å²) >= 11 is 0. The van der Waals surface area contributed by atoms with Crippen LogP contribution in [0.1, 0.15) is 32.8 Å². The Bertz CT molecular complexity index is 626. The summed E-state index contributed by atoms with van der Waals surface area (Å²) in [5, 5.41) is 2.92. The Morgan fingerprint density at radius 2 is 1.92 bits per heavy atom. The summed E-state index contributed by atoms with van der Waals surface area (Å²) in [5.41, 5.74) is 0.427. The van der Waals surface area contributed by atoms with Gasteiger partial charge in [0.1, 0.15) is 12.2 Å². The molecule has 1 N–H and O–H groups in total. The Labute approximate surface area is 148 Å². The molecule has 1 saturated carbocycles. The van der Waals surface area contributed by atoms with E-state index in [-0.39, 0.29) is 18.7 Å². The second kappa shape index (κ2) is 6.94. The Morgan fingerprint density at radius 1 is 1.20 bits per heavy atom. The van der Waals surface area contributed by atoms with Gasteiger partial charge in [-0.25, -0.2) is 9.59 Å². The summed E-state index contributed by atoms with van der Waals surface area (Å²) in [6.07, 6.45) is 0.274. The lowest BCUT2D eigenvalue weighted by Crippen LogP contribution is -2.52. The Kier molecular flexibility index (Phi) is 4.88. The third kappa shape index (κ3) is 4.87. The van der Waals surface area contributed by atoms with Gasteiger partial charge >= 0.3 is 12.2 Å². The largest absolute Gasteiger partial charge is 0.445 e. The van der Waals surface area contributed by atoms with Crippen molar-refractivity contribution in [1.29, 1.82) is 0 Å². The van der Waals surface area contributed by atoms with Crippen LogP contribution in [0.3, 0.4) is 0 Å². The summed E-state index contributed by atoms with van der Waals surface area (Å²) in [6, 6.07) is 9.49. The lowest BCUT2D eigenvalue weighted by atomic mass is 10.1. The van der Waals surface area contributed by atoms with Crippen molar-refractivity contribution < 1.29 is 19.1 Å². The number of amides is 2. The molecule has 1 saturated heterocycles. The molecule has 3 atom stereocenters. The lowest BCUT2D eigenvalue weighted by Gasteiger charge is -2.33. The van der Waals surface area contributed by atoms with Crippen LogP contribution in [0.4, 0.5) is 9.59 Å². The second-order valence-corrected chi connectivity index (χ2v) is 7.86. The molecule has 1 heterocycles. The third-order valence-corrected chi connectivity index (χ3v) is 4.53. The standard InChI is InChI=1S/C19H26N2O4/c1-19(2,3)25-18(23)21-10-14-9-15(14)16(11-21)20-17(22)24-12-13-7-5-4-6-8-13/h4-8,14-16H,9-12H2,1-3H3,(H,20,22)/t14-,15-,16+/m1/s1. The van der Waals surface area contributed by atoms with E-state index in [4.69, 9.17) is 9.47 Å². The Balaban J connectivity index is 1.50. The average molecular weight is 346 g/mol. The van der Waals surface area contributed by atoms with E-state index in [0.717, 1.165) is 12.0 Å². The summed E-state index contributed by atoms with van der Waals surface area (Å²) in [4.78, 5) is 26.1. The van der Waals surface area contributed by atoms with E-state index in [1.165, 1.54) is 0 Å². The summed E-state index contributed by atoms with van der Waals surface area (Å²) in [7, 11) is 0. The van der Waals surface area contributed by atoms with Crippen molar-refractivity contribution in [2.75, 3.05) is 13.1 Å². The number of carbonyl (C=O) groups is 2. The molecule has 25 heavy (non-hydrogen) atoms. The SMILES string of the molecule is CC(C)(C)OC(=O)N1C[C@H]2C[C@H]2[C@@H](NC(=O)OCc2ccccc2)C1. The van der Waals surface area contributed by atoms with Crippen molar-refractivity contribution in [3.63, 3.8) is 0 Å². The van der Waals surface area contributed by atoms with Gasteiger partial charge in [0.05, 0.1) is 6.04 Å². The highest BCUT2D eigenvalue weighted by atomic mass is 16.6. The van der Waals surface area contributed by atoms with Crippen molar-refractivity contribution in [1.82, 2.24) is 10.2 Å². The van der Waals surface area contributed by atoms with Crippen LogP contribution in [0.15, 0.2) is 30.3 Å². The molecule has 6 nitrogen and oxygen atoms in total. The first-order chi connectivity index (χ1) is 11.8. The molecule has 0 spiro atoms. The Morgan fingerprint density at radius 3 is 2.60 bits per heavy atom. The predicted molar refractivity (Wildman–Crippen MR) is 93.0 cm³/mol. The number of ether oxygens (including phenoxy) is 2. The fraction of sp³-hybridized carbons (Fsp3) is 0.579. The van der Waals surface area contributed by atoms with Gasteiger partial charge in [0.2, 0.25) is 0 Å². The number of benzene rings is 1. The molecular weight excluding hydrogens is 320 g/mol. The Hall–Kier alpha value is -2.24. The number of rotatable bonds is 3.